The maximum Gasteiger partial charge on any atom is 0.262 e. The SMILES string of the molecule is CNC1CCCN(C(=O)[C@H](C)NCc2ccc3c(c2)C(=O)N(C2CCC(=O)NC2=O)C3=O)C1. The maximum absolute atomic E-state index is 13.0. The van der Waals surface area contributed by atoms with Crippen LogP contribution in [-0.2, 0) is 20.9 Å². The van der Waals surface area contributed by atoms with Gasteiger partial charge in [0, 0.05) is 32.1 Å². The monoisotopic (exact) mass is 455 g/mol. The molecule has 0 bridgehead atoms. The molecule has 10 nitrogen and oxygen atoms in total. The molecule has 1 aromatic carbocycles. The van der Waals surface area contributed by atoms with E-state index in [-0.39, 0.29) is 29.9 Å². The quantitative estimate of drug-likeness (QED) is 0.506. The summed E-state index contributed by atoms with van der Waals surface area (Å²) in [7, 11) is 1.90. The van der Waals surface area contributed by atoms with Crippen molar-refractivity contribution < 1.29 is 24.0 Å². The van der Waals surface area contributed by atoms with Crippen LogP contribution >= 0.6 is 0 Å². The number of carbonyl (C=O) groups is 5. The van der Waals surface area contributed by atoms with Crippen molar-refractivity contribution in [1.82, 2.24) is 25.8 Å². The van der Waals surface area contributed by atoms with Crippen molar-refractivity contribution in [3.8, 4) is 0 Å². The second kappa shape index (κ2) is 9.40. The zero-order chi connectivity index (χ0) is 23.7. The van der Waals surface area contributed by atoms with Crippen molar-refractivity contribution in [3.05, 3.63) is 34.9 Å². The molecule has 3 heterocycles. The van der Waals surface area contributed by atoms with Crippen LogP contribution in [-0.4, -0.2) is 77.6 Å². The lowest BCUT2D eigenvalue weighted by Crippen LogP contribution is -2.54. The first-order valence-corrected chi connectivity index (χ1v) is 11.3. The summed E-state index contributed by atoms with van der Waals surface area (Å²) in [5, 5.41) is 8.63. The van der Waals surface area contributed by atoms with Gasteiger partial charge in [-0.2, -0.15) is 0 Å². The van der Waals surface area contributed by atoms with E-state index in [0.29, 0.717) is 19.1 Å². The zero-order valence-electron chi connectivity index (χ0n) is 18.8. The van der Waals surface area contributed by atoms with Crippen LogP contribution in [0.3, 0.4) is 0 Å². The topological polar surface area (TPSA) is 128 Å². The third-order valence-corrected chi connectivity index (χ3v) is 6.63. The molecule has 33 heavy (non-hydrogen) atoms. The van der Waals surface area contributed by atoms with E-state index < -0.39 is 35.7 Å². The number of hydrogen-bond donors (Lipinski definition) is 3. The molecule has 10 heteroatoms. The third-order valence-electron chi connectivity index (χ3n) is 6.63. The standard InChI is InChI=1S/C23H29N5O5/c1-13(21(31)27-9-3-4-15(12-27)24-2)25-11-14-5-6-16-17(10-14)23(33)28(22(16)32)18-7-8-19(29)26-20(18)30/h5-6,10,13,15,18,24-25H,3-4,7-9,11-12H2,1-2H3,(H,26,29,30)/t13-,15?,18?/m0/s1. The molecule has 0 aromatic heterocycles. The molecule has 2 fully saturated rings. The maximum atomic E-state index is 13.0. The molecule has 0 radical (unpaired) electrons. The largest absolute Gasteiger partial charge is 0.340 e. The van der Waals surface area contributed by atoms with E-state index >= 15 is 0 Å². The van der Waals surface area contributed by atoms with Gasteiger partial charge in [0.1, 0.15) is 6.04 Å². The number of fused-ring (bicyclic) bond motifs is 1. The van der Waals surface area contributed by atoms with Crippen LogP contribution in [0.5, 0.6) is 0 Å². The average Bonchev–Trinajstić information content (AvgIpc) is 3.06. The molecule has 1 aromatic rings. The number of amides is 5. The first-order valence-electron chi connectivity index (χ1n) is 11.3. The summed E-state index contributed by atoms with van der Waals surface area (Å²) in [4.78, 5) is 65.0. The highest BCUT2D eigenvalue weighted by atomic mass is 16.2. The van der Waals surface area contributed by atoms with Crippen LogP contribution in [0, 0.1) is 0 Å². The fourth-order valence-electron chi connectivity index (χ4n) is 4.67. The van der Waals surface area contributed by atoms with E-state index in [4.69, 9.17) is 0 Å². The Morgan fingerprint density at radius 2 is 1.91 bits per heavy atom. The van der Waals surface area contributed by atoms with Gasteiger partial charge in [-0.3, -0.25) is 34.2 Å². The van der Waals surface area contributed by atoms with E-state index in [1.54, 1.807) is 18.2 Å². The lowest BCUT2D eigenvalue weighted by Gasteiger charge is -2.34. The number of nitrogens with zero attached hydrogens (tertiary/aromatic N) is 2. The lowest BCUT2D eigenvalue weighted by atomic mass is 10.0. The van der Waals surface area contributed by atoms with Crippen molar-refractivity contribution in [2.45, 2.75) is 57.3 Å². The normalized spacial score (nSPS) is 24.1. The van der Waals surface area contributed by atoms with Crippen LogP contribution in [0.25, 0.3) is 0 Å². The molecule has 3 aliphatic rings. The highest BCUT2D eigenvalue weighted by Crippen LogP contribution is 2.28. The smallest absolute Gasteiger partial charge is 0.262 e. The summed E-state index contributed by atoms with van der Waals surface area (Å²) >= 11 is 0. The van der Waals surface area contributed by atoms with Crippen molar-refractivity contribution in [2.75, 3.05) is 20.1 Å². The minimum atomic E-state index is -0.986. The number of hydrogen-bond acceptors (Lipinski definition) is 7. The van der Waals surface area contributed by atoms with Gasteiger partial charge in [0.25, 0.3) is 11.8 Å². The number of likely N-dealkylation sites (N-methyl/N-ethyl adjacent to an activating group) is 1. The predicted octanol–water partition coefficient (Wildman–Crippen LogP) is -0.224. The lowest BCUT2D eigenvalue weighted by molar-refractivity contribution is -0.136. The minimum absolute atomic E-state index is 0.0337. The average molecular weight is 456 g/mol. The van der Waals surface area contributed by atoms with Gasteiger partial charge in [0.15, 0.2) is 0 Å². The minimum Gasteiger partial charge on any atom is -0.340 e. The van der Waals surface area contributed by atoms with Crippen molar-refractivity contribution >= 4 is 29.5 Å². The van der Waals surface area contributed by atoms with E-state index in [1.807, 2.05) is 18.9 Å². The number of likely N-dealkylation sites (tertiary alicyclic amines) is 1. The predicted molar refractivity (Wildman–Crippen MR) is 118 cm³/mol. The Bertz CT molecular complexity index is 1010. The Balaban J connectivity index is 1.40. The third kappa shape index (κ3) is 4.53. The molecule has 4 rings (SSSR count). The van der Waals surface area contributed by atoms with Gasteiger partial charge in [-0.05, 0) is 50.9 Å². The highest BCUT2D eigenvalue weighted by Gasteiger charge is 2.44. The Kier molecular flexibility index (Phi) is 6.57. The summed E-state index contributed by atoms with van der Waals surface area (Å²) < 4.78 is 0. The van der Waals surface area contributed by atoms with Gasteiger partial charge in [0.05, 0.1) is 17.2 Å². The number of rotatable bonds is 6. The summed E-state index contributed by atoms with van der Waals surface area (Å²) in [5.41, 5.74) is 1.23. The van der Waals surface area contributed by atoms with Gasteiger partial charge < -0.3 is 15.5 Å². The number of piperidine rings is 2. The molecule has 0 saturated carbocycles. The summed E-state index contributed by atoms with van der Waals surface area (Å²) in [5.74, 6) is -2.07. The molecule has 3 N–H and O–H groups in total. The van der Waals surface area contributed by atoms with Gasteiger partial charge >= 0.3 is 0 Å². The van der Waals surface area contributed by atoms with Crippen LogP contribution in [0.4, 0.5) is 0 Å². The van der Waals surface area contributed by atoms with Gasteiger partial charge in [-0.15, -0.1) is 0 Å². The van der Waals surface area contributed by atoms with Gasteiger partial charge in [0.2, 0.25) is 17.7 Å². The molecule has 2 unspecified atom stereocenters. The molecule has 176 valence electrons. The first-order chi connectivity index (χ1) is 15.8. The number of benzene rings is 1. The number of nitrogens with one attached hydrogen (secondary N) is 3. The summed E-state index contributed by atoms with van der Waals surface area (Å²) in [6.07, 6.45) is 2.22. The molecular weight excluding hydrogens is 426 g/mol. The molecule has 0 spiro atoms. The zero-order valence-corrected chi connectivity index (χ0v) is 18.8. The van der Waals surface area contributed by atoms with Crippen LogP contribution in [0.15, 0.2) is 18.2 Å². The molecule has 0 aliphatic carbocycles. The van der Waals surface area contributed by atoms with Crippen molar-refractivity contribution in [1.29, 1.82) is 0 Å². The Hall–Kier alpha value is -3.11. The number of imide groups is 2. The molecule has 5 amide bonds. The summed E-state index contributed by atoms with van der Waals surface area (Å²) in [6.45, 7) is 3.60. The molecule has 3 aliphatic heterocycles. The van der Waals surface area contributed by atoms with Gasteiger partial charge in [-0.1, -0.05) is 6.07 Å². The first kappa shape index (κ1) is 23.1. The second-order valence-corrected chi connectivity index (χ2v) is 8.84. The van der Waals surface area contributed by atoms with E-state index in [0.717, 1.165) is 29.8 Å². The number of carbonyl (C=O) groups excluding carboxylic acids is 5. The Labute approximate surface area is 192 Å². The second-order valence-electron chi connectivity index (χ2n) is 8.84. The van der Waals surface area contributed by atoms with Gasteiger partial charge in [-0.25, -0.2) is 0 Å². The molecule has 2 saturated heterocycles. The van der Waals surface area contributed by atoms with Crippen molar-refractivity contribution in [2.24, 2.45) is 0 Å². The van der Waals surface area contributed by atoms with Crippen LogP contribution in [0.1, 0.15) is 58.9 Å². The van der Waals surface area contributed by atoms with Crippen LogP contribution in [0.2, 0.25) is 0 Å². The Morgan fingerprint density at radius 3 is 2.64 bits per heavy atom. The summed E-state index contributed by atoms with van der Waals surface area (Å²) in [6, 6.07) is 3.87. The Morgan fingerprint density at radius 1 is 1.15 bits per heavy atom. The molecule has 3 atom stereocenters. The van der Waals surface area contributed by atoms with Crippen LogP contribution < -0.4 is 16.0 Å². The van der Waals surface area contributed by atoms with E-state index in [1.165, 1.54) is 0 Å². The highest BCUT2D eigenvalue weighted by molar-refractivity contribution is 6.23. The van der Waals surface area contributed by atoms with E-state index in [2.05, 4.69) is 16.0 Å². The fraction of sp³-hybridized carbons (Fsp3) is 0.522. The fourth-order valence-corrected chi connectivity index (χ4v) is 4.67. The van der Waals surface area contributed by atoms with E-state index in [9.17, 15) is 24.0 Å². The van der Waals surface area contributed by atoms with Crippen molar-refractivity contribution in [3.63, 3.8) is 0 Å². The molecular formula is C23H29N5O5.